The van der Waals surface area contributed by atoms with Gasteiger partial charge in [-0.3, -0.25) is 4.79 Å². The number of hydrogen-bond donors (Lipinski definition) is 2. The van der Waals surface area contributed by atoms with Crippen LogP contribution in [0.2, 0.25) is 0 Å². The Labute approximate surface area is 91.8 Å². The number of aryl methyl sites for hydroxylation is 1. The lowest BCUT2D eigenvalue weighted by atomic mass is 10.3. The second-order valence-electron chi connectivity index (χ2n) is 3.20. The van der Waals surface area contributed by atoms with Crippen LogP contribution < -0.4 is 5.56 Å². The van der Waals surface area contributed by atoms with E-state index in [0.29, 0.717) is 10.7 Å². The second kappa shape index (κ2) is 5.29. The minimum Gasteiger partial charge on any atom is -0.394 e. The van der Waals surface area contributed by atoms with E-state index in [1.165, 1.54) is 11.8 Å². The van der Waals surface area contributed by atoms with Gasteiger partial charge in [0.2, 0.25) is 0 Å². The van der Waals surface area contributed by atoms with Crippen LogP contribution >= 0.6 is 11.8 Å². The fourth-order valence-electron chi connectivity index (χ4n) is 1.16. The van der Waals surface area contributed by atoms with E-state index in [0.717, 1.165) is 0 Å². The van der Waals surface area contributed by atoms with Gasteiger partial charge in [-0.2, -0.15) is 4.98 Å². The molecule has 0 saturated carbocycles. The molecule has 0 unspecified atom stereocenters. The molecular formula is C9H14N2O3S. The van der Waals surface area contributed by atoms with Crippen LogP contribution in [0.3, 0.4) is 0 Å². The van der Waals surface area contributed by atoms with E-state index in [1.807, 2.05) is 0 Å². The Morgan fingerprint density at radius 2 is 2.33 bits per heavy atom. The standard InChI is InChI=1S/C9H14N2O3S/c1-6-3-11(4-7(13)5-12)9(15-2)10-8(6)14/h3,7,12-13H,4-5H2,1-2H3/t7-/m0/s1. The van der Waals surface area contributed by atoms with Gasteiger partial charge in [0.05, 0.1) is 19.3 Å². The van der Waals surface area contributed by atoms with Crippen LogP contribution in [-0.4, -0.2) is 38.7 Å². The molecule has 0 aliphatic rings. The van der Waals surface area contributed by atoms with Crippen molar-refractivity contribution in [3.8, 4) is 0 Å². The fraction of sp³-hybridized carbons (Fsp3) is 0.556. The first-order valence-corrected chi connectivity index (χ1v) is 5.72. The van der Waals surface area contributed by atoms with E-state index < -0.39 is 6.10 Å². The molecule has 0 radical (unpaired) electrons. The average molecular weight is 230 g/mol. The van der Waals surface area contributed by atoms with Crippen molar-refractivity contribution in [3.05, 3.63) is 22.1 Å². The maximum absolute atomic E-state index is 11.3. The molecule has 1 aromatic heterocycles. The molecule has 84 valence electrons. The highest BCUT2D eigenvalue weighted by Gasteiger charge is 2.08. The molecule has 0 amide bonds. The van der Waals surface area contributed by atoms with Gasteiger partial charge in [0.15, 0.2) is 5.16 Å². The molecule has 1 heterocycles. The van der Waals surface area contributed by atoms with Gasteiger partial charge in [0, 0.05) is 11.8 Å². The lowest BCUT2D eigenvalue weighted by Gasteiger charge is -2.14. The van der Waals surface area contributed by atoms with Crippen LogP contribution in [0.15, 0.2) is 16.1 Å². The van der Waals surface area contributed by atoms with Gasteiger partial charge in [0.1, 0.15) is 0 Å². The Balaban J connectivity index is 3.05. The first-order valence-electron chi connectivity index (χ1n) is 4.49. The van der Waals surface area contributed by atoms with Crippen LogP contribution in [0.1, 0.15) is 5.56 Å². The number of nitrogens with zero attached hydrogens (tertiary/aromatic N) is 2. The fourth-order valence-corrected chi connectivity index (χ4v) is 1.70. The van der Waals surface area contributed by atoms with Crippen LogP contribution in [0, 0.1) is 6.92 Å². The molecule has 1 rings (SSSR count). The summed E-state index contributed by atoms with van der Waals surface area (Å²) in [5, 5.41) is 18.6. The first-order chi connectivity index (χ1) is 7.08. The molecule has 2 N–H and O–H groups in total. The third-order valence-electron chi connectivity index (χ3n) is 1.93. The molecule has 1 atom stereocenters. The van der Waals surface area contributed by atoms with Crippen molar-refractivity contribution in [2.45, 2.75) is 24.7 Å². The molecule has 0 aliphatic carbocycles. The third kappa shape index (κ3) is 3.05. The van der Waals surface area contributed by atoms with Crippen molar-refractivity contribution in [1.29, 1.82) is 0 Å². The van der Waals surface area contributed by atoms with Gasteiger partial charge in [-0.1, -0.05) is 11.8 Å². The van der Waals surface area contributed by atoms with Crippen molar-refractivity contribution in [2.24, 2.45) is 0 Å². The van der Waals surface area contributed by atoms with E-state index in [1.54, 1.807) is 23.9 Å². The minimum absolute atomic E-state index is 0.237. The number of aliphatic hydroxyl groups is 2. The number of aliphatic hydroxyl groups excluding tert-OH is 2. The summed E-state index contributed by atoms with van der Waals surface area (Å²) in [5.41, 5.74) is 0.270. The molecule has 0 spiro atoms. The quantitative estimate of drug-likeness (QED) is 0.545. The zero-order valence-corrected chi connectivity index (χ0v) is 9.49. The number of aromatic nitrogens is 2. The lowest BCUT2D eigenvalue weighted by Crippen LogP contribution is -2.24. The van der Waals surface area contributed by atoms with Crippen LogP contribution in [-0.2, 0) is 6.54 Å². The highest BCUT2D eigenvalue weighted by Crippen LogP contribution is 2.10. The number of thioether (sulfide) groups is 1. The van der Waals surface area contributed by atoms with E-state index in [2.05, 4.69) is 4.98 Å². The van der Waals surface area contributed by atoms with E-state index in [4.69, 9.17) is 5.11 Å². The average Bonchev–Trinajstić information content (AvgIpc) is 2.22. The molecule has 15 heavy (non-hydrogen) atoms. The smallest absolute Gasteiger partial charge is 0.276 e. The summed E-state index contributed by atoms with van der Waals surface area (Å²) in [5.74, 6) is 0. The summed E-state index contributed by atoms with van der Waals surface area (Å²) >= 11 is 1.33. The maximum atomic E-state index is 11.3. The third-order valence-corrected chi connectivity index (χ3v) is 2.62. The van der Waals surface area contributed by atoms with Crippen molar-refractivity contribution < 1.29 is 10.2 Å². The Morgan fingerprint density at radius 3 is 2.87 bits per heavy atom. The summed E-state index contributed by atoms with van der Waals surface area (Å²) in [6.07, 6.45) is 2.61. The molecule has 1 aromatic rings. The molecule has 0 fully saturated rings. The van der Waals surface area contributed by atoms with Crippen LogP contribution in [0.25, 0.3) is 0 Å². The molecule has 0 saturated heterocycles. The molecular weight excluding hydrogens is 216 g/mol. The van der Waals surface area contributed by atoms with Gasteiger partial charge in [-0.25, -0.2) is 0 Å². The monoisotopic (exact) mass is 230 g/mol. The zero-order valence-electron chi connectivity index (χ0n) is 8.67. The summed E-state index contributed by atoms with van der Waals surface area (Å²) in [6.45, 7) is 1.60. The first kappa shape index (κ1) is 12.2. The molecule has 0 aliphatic heterocycles. The van der Waals surface area contributed by atoms with Crippen molar-refractivity contribution in [2.75, 3.05) is 12.9 Å². The molecule has 5 nitrogen and oxygen atoms in total. The topological polar surface area (TPSA) is 75.4 Å². The molecule has 0 bridgehead atoms. The Kier molecular flexibility index (Phi) is 4.31. The Bertz CT molecular complexity index is 391. The summed E-state index contributed by atoms with van der Waals surface area (Å²) in [7, 11) is 0. The highest BCUT2D eigenvalue weighted by molar-refractivity contribution is 7.98. The summed E-state index contributed by atoms with van der Waals surface area (Å²) in [6, 6.07) is 0. The normalized spacial score (nSPS) is 12.8. The summed E-state index contributed by atoms with van der Waals surface area (Å²) in [4.78, 5) is 15.1. The van der Waals surface area contributed by atoms with Crippen LogP contribution in [0.5, 0.6) is 0 Å². The number of rotatable bonds is 4. The van der Waals surface area contributed by atoms with Gasteiger partial charge < -0.3 is 14.8 Å². The van der Waals surface area contributed by atoms with Gasteiger partial charge in [-0.05, 0) is 13.2 Å². The molecule has 6 heteroatoms. The second-order valence-corrected chi connectivity index (χ2v) is 3.98. The minimum atomic E-state index is -0.834. The SMILES string of the molecule is CSc1nc(=O)c(C)cn1C[C@H](O)CO. The van der Waals surface area contributed by atoms with Crippen molar-refractivity contribution in [3.63, 3.8) is 0 Å². The molecule has 0 aromatic carbocycles. The van der Waals surface area contributed by atoms with Gasteiger partial charge >= 0.3 is 0 Å². The van der Waals surface area contributed by atoms with Crippen molar-refractivity contribution >= 4 is 11.8 Å². The van der Waals surface area contributed by atoms with E-state index in [-0.39, 0.29) is 18.7 Å². The zero-order chi connectivity index (χ0) is 11.4. The highest BCUT2D eigenvalue weighted by atomic mass is 32.2. The van der Waals surface area contributed by atoms with E-state index in [9.17, 15) is 9.90 Å². The number of hydrogen-bond acceptors (Lipinski definition) is 5. The predicted octanol–water partition coefficient (Wildman–Crippen LogP) is -0.373. The van der Waals surface area contributed by atoms with Gasteiger partial charge in [0.25, 0.3) is 5.56 Å². The van der Waals surface area contributed by atoms with Crippen molar-refractivity contribution in [1.82, 2.24) is 9.55 Å². The Morgan fingerprint density at radius 1 is 1.67 bits per heavy atom. The Hall–Kier alpha value is -0.850. The summed E-state index contributed by atoms with van der Waals surface area (Å²) < 4.78 is 1.67. The largest absolute Gasteiger partial charge is 0.394 e. The predicted molar refractivity (Wildman–Crippen MR) is 58.1 cm³/mol. The van der Waals surface area contributed by atoms with Crippen LogP contribution in [0.4, 0.5) is 0 Å². The van der Waals surface area contributed by atoms with E-state index >= 15 is 0 Å². The van der Waals surface area contributed by atoms with Gasteiger partial charge in [-0.15, -0.1) is 0 Å². The lowest BCUT2D eigenvalue weighted by molar-refractivity contribution is 0.0786. The maximum Gasteiger partial charge on any atom is 0.276 e.